The van der Waals surface area contributed by atoms with E-state index in [0.29, 0.717) is 0 Å². The predicted octanol–water partition coefficient (Wildman–Crippen LogP) is 12.2. The summed E-state index contributed by atoms with van der Waals surface area (Å²) in [7, 11) is 0. The van der Waals surface area contributed by atoms with Crippen molar-refractivity contribution in [3.63, 3.8) is 0 Å². The van der Waals surface area contributed by atoms with Crippen molar-refractivity contribution in [3.05, 3.63) is 163 Å². The van der Waals surface area contributed by atoms with Crippen LogP contribution < -0.4 is 4.90 Å². The lowest BCUT2D eigenvalue weighted by molar-refractivity contribution is 0.660. The van der Waals surface area contributed by atoms with E-state index in [0.717, 1.165) is 44.4 Å². The van der Waals surface area contributed by atoms with Crippen molar-refractivity contribution >= 4 is 49.8 Å². The van der Waals surface area contributed by atoms with Crippen LogP contribution in [0, 0.1) is 0 Å². The van der Waals surface area contributed by atoms with Crippen molar-refractivity contribution in [3.8, 4) is 22.3 Å². The van der Waals surface area contributed by atoms with Crippen LogP contribution in [0.2, 0.25) is 0 Å². The summed E-state index contributed by atoms with van der Waals surface area (Å²) in [5.74, 6) is 0. The number of nitrogens with zero attached hydrogens (tertiary/aromatic N) is 1. The van der Waals surface area contributed by atoms with Gasteiger partial charge in [0.05, 0.1) is 16.8 Å². The van der Waals surface area contributed by atoms with Crippen molar-refractivity contribution in [2.45, 2.75) is 19.3 Å². The van der Waals surface area contributed by atoms with Crippen LogP contribution in [0.4, 0.5) is 17.1 Å². The zero-order valence-corrected chi connectivity index (χ0v) is 25.3. The molecule has 9 rings (SSSR count). The van der Waals surface area contributed by atoms with E-state index in [2.05, 4.69) is 170 Å². The number of furan rings is 1. The van der Waals surface area contributed by atoms with Gasteiger partial charge in [-0.3, -0.25) is 0 Å². The number of hydrogen-bond acceptors (Lipinski definition) is 2. The van der Waals surface area contributed by atoms with E-state index in [-0.39, 0.29) is 5.41 Å². The first-order valence-electron chi connectivity index (χ1n) is 15.6. The first-order chi connectivity index (χ1) is 22.1. The van der Waals surface area contributed by atoms with Crippen LogP contribution in [-0.2, 0) is 5.41 Å². The molecule has 0 unspecified atom stereocenters. The lowest BCUT2D eigenvalue weighted by Gasteiger charge is -2.29. The normalized spacial score (nSPS) is 13.3. The molecule has 8 aromatic rings. The first-order valence-corrected chi connectivity index (χ1v) is 15.6. The monoisotopic (exact) mass is 577 g/mol. The van der Waals surface area contributed by atoms with Crippen LogP contribution in [0.5, 0.6) is 0 Å². The maximum atomic E-state index is 6.64. The molecule has 0 radical (unpaired) electrons. The molecular weight excluding hydrogens is 546 g/mol. The summed E-state index contributed by atoms with van der Waals surface area (Å²) in [5, 5.41) is 4.54. The molecule has 2 nitrogen and oxygen atoms in total. The van der Waals surface area contributed by atoms with Gasteiger partial charge in [0.25, 0.3) is 0 Å². The Morgan fingerprint density at radius 3 is 2.04 bits per heavy atom. The van der Waals surface area contributed by atoms with Gasteiger partial charge in [-0.1, -0.05) is 129 Å². The van der Waals surface area contributed by atoms with Crippen LogP contribution in [-0.4, -0.2) is 0 Å². The number of rotatable bonds is 4. The fourth-order valence-corrected chi connectivity index (χ4v) is 7.58. The van der Waals surface area contributed by atoms with E-state index in [4.69, 9.17) is 4.42 Å². The standard InChI is InChI=1S/C43H31NO/c1-43(2)35-21-10-8-19-33(35)40-32(20-12-22-36(40)43)31-18-9-11-23-37(31)44(29-15-4-3-5-16-29)38-24-13-25-39-41(38)34-27-26-28-14-6-7-17-30(28)42(34)45-39/h3-27H,1-2H3. The van der Waals surface area contributed by atoms with Crippen molar-refractivity contribution in [1.82, 2.24) is 0 Å². The topological polar surface area (TPSA) is 16.4 Å². The van der Waals surface area contributed by atoms with Gasteiger partial charge in [0.2, 0.25) is 0 Å². The lowest BCUT2D eigenvalue weighted by Crippen LogP contribution is -2.15. The number of para-hydroxylation sites is 2. The summed E-state index contributed by atoms with van der Waals surface area (Å²) in [6, 6.07) is 54.6. The molecule has 214 valence electrons. The third kappa shape index (κ3) is 3.76. The SMILES string of the molecule is CC1(C)c2ccccc2-c2c(-c3ccccc3N(c3ccccc3)c3cccc4oc5c6ccccc6ccc5c34)cccc21. The van der Waals surface area contributed by atoms with E-state index < -0.39 is 0 Å². The van der Waals surface area contributed by atoms with Gasteiger partial charge in [-0.25, -0.2) is 0 Å². The van der Waals surface area contributed by atoms with Crippen LogP contribution in [0.25, 0.3) is 55.0 Å². The smallest absolute Gasteiger partial charge is 0.143 e. The Morgan fingerprint density at radius 1 is 0.489 bits per heavy atom. The average Bonchev–Trinajstić information content (AvgIpc) is 3.59. The maximum Gasteiger partial charge on any atom is 0.143 e. The lowest BCUT2D eigenvalue weighted by atomic mass is 9.82. The molecular formula is C43H31NO. The van der Waals surface area contributed by atoms with E-state index >= 15 is 0 Å². The summed E-state index contributed by atoms with van der Waals surface area (Å²) < 4.78 is 6.64. The zero-order chi connectivity index (χ0) is 30.1. The molecule has 0 amide bonds. The molecule has 7 aromatic carbocycles. The molecule has 0 bridgehead atoms. The molecule has 0 atom stereocenters. The predicted molar refractivity (Wildman–Crippen MR) is 189 cm³/mol. The summed E-state index contributed by atoms with van der Waals surface area (Å²) >= 11 is 0. The van der Waals surface area contributed by atoms with Crippen molar-refractivity contribution in [2.75, 3.05) is 4.90 Å². The summed E-state index contributed by atoms with van der Waals surface area (Å²) in [5.41, 5.74) is 12.9. The fraction of sp³-hybridized carbons (Fsp3) is 0.0698. The highest BCUT2D eigenvalue weighted by Crippen LogP contribution is 2.54. The fourth-order valence-electron chi connectivity index (χ4n) is 7.58. The Labute approximate surface area is 262 Å². The minimum absolute atomic E-state index is 0.0694. The summed E-state index contributed by atoms with van der Waals surface area (Å²) in [6.45, 7) is 4.69. The molecule has 0 N–H and O–H groups in total. The maximum absolute atomic E-state index is 6.64. The molecule has 1 aromatic heterocycles. The van der Waals surface area contributed by atoms with Gasteiger partial charge < -0.3 is 9.32 Å². The number of hydrogen-bond donors (Lipinski definition) is 0. The molecule has 0 saturated heterocycles. The second kappa shape index (κ2) is 9.70. The molecule has 45 heavy (non-hydrogen) atoms. The van der Waals surface area contributed by atoms with Crippen molar-refractivity contribution < 1.29 is 4.42 Å². The van der Waals surface area contributed by atoms with Gasteiger partial charge in [-0.15, -0.1) is 0 Å². The van der Waals surface area contributed by atoms with Gasteiger partial charge in [0, 0.05) is 27.4 Å². The van der Waals surface area contributed by atoms with E-state index in [1.54, 1.807) is 0 Å². The molecule has 0 fully saturated rings. The summed E-state index contributed by atoms with van der Waals surface area (Å²) in [6.07, 6.45) is 0. The van der Waals surface area contributed by atoms with E-state index in [1.807, 2.05) is 0 Å². The van der Waals surface area contributed by atoms with Gasteiger partial charge in [-0.2, -0.15) is 0 Å². The number of benzene rings is 7. The van der Waals surface area contributed by atoms with E-state index in [1.165, 1.54) is 38.8 Å². The Balaban J connectivity index is 1.35. The van der Waals surface area contributed by atoms with Crippen molar-refractivity contribution in [1.29, 1.82) is 0 Å². The molecule has 1 heterocycles. The Hall–Kier alpha value is -5.60. The molecule has 1 aliphatic rings. The second-order valence-corrected chi connectivity index (χ2v) is 12.5. The quantitative estimate of drug-likeness (QED) is 0.207. The summed E-state index contributed by atoms with van der Waals surface area (Å²) in [4.78, 5) is 2.41. The van der Waals surface area contributed by atoms with Gasteiger partial charge in [0.1, 0.15) is 11.2 Å². The van der Waals surface area contributed by atoms with Crippen molar-refractivity contribution in [2.24, 2.45) is 0 Å². The van der Waals surface area contributed by atoms with Gasteiger partial charge >= 0.3 is 0 Å². The Morgan fingerprint density at radius 2 is 1.16 bits per heavy atom. The van der Waals surface area contributed by atoms with Crippen LogP contribution in [0.1, 0.15) is 25.0 Å². The molecule has 0 aliphatic heterocycles. The highest BCUT2D eigenvalue weighted by Gasteiger charge is 2.37. The third-order valence-electron chi connectivity index (χ3n) is 9.66. The first kappa shape index (κ1) is 25.9. The minimum Gasteiger partial charge on any atom is -0.455 e. The minimum atomic E-state index is -0.0694. The van der Waals surface area contributed by atoms with Crippen LogP contribution in [0.3, 0.4) is 0 Å². The Kier molecular flexibility index (Phi) is 5.58. The number of fused-ring (bicyclic) bond motifs is 8. The molecule has 2 heteroatoms. The highest BCUT2D eigenvalue weighted by atomic mass is 16.3. The molecule has 1 aliphatic carbocycles. The second-order valence-electron chi connectivity index (χ2n) is 12.5. The zero-order valence-electron chi connectivity index (χ0n) is 25.3. The average molecular weight is 578 g/mol. The van der Waals surface area contributed by atoms with Crippen LogP contribution >= 0.6 is 0 Å². The molecule has 0 spiro atoms. The van der Waals surface area contributed by atoms with Gasteiger partial charge in [-0.05, 0) is 69.6 Å². The van der Waals surface area contributed by atoms with E-state index in [9.17, 15) is 0 Å². The highest BCUT2D eigenvalue weighted by molar-refractivity contribution is 6.20. The molecule has 0 saturated carbocycles. The van der Waals surface area contributed by atoms with Crippen LogP contribution in [0.15, 0.2) is 156 Å². The number of anilines is 3. The third-order valence-corrected chi connectivity index (χ3v) is 9.66. The largest absolute Gasteiger partial charge is 0.455 e. The van der Waals surface area contributed by atoms with Gasteiger partial charge in [0.15, 0.2) is 0 Å². The Bertz CT molecular complexity index is 2410.